The average molecular weight is 342 g/mol. The van der Waals surface area contributed by atoms with Gasteiger partial charge in [-0.1, -0.05) is 34.1 Å². The lowest BCUT2D eigenvalue weighted by atomic mass is 9.96. The molecule has 4 heteroatoms. The topological polar surface area (TPSA) is 17.8 Å². The standard InChI is InChI=1S/C15H18BrClN2/c1-3-19-13(8-11(2)18-19)9-12(10-17)14-6-4-5-7-15(14)16/h4-8,12H,3,9-10H2,1-2H3. The Kier molecular flexibility index (Phi) is 5.06. The van der Waals surface area contributed by atoms with E-state index in [-0.39, 0.29) is 0 Å². The molecule has 2 aromatic rings. The predicted octanol–water partition coefficient (Wildman–Crippen LogP) is 4.54. The Bertz CT molecular complexity index is 551. The predicted molar refractivity (Wildman–Crippen MR) is 83.9 cm³/mol. The minimum absolute atomic E-state index is 0.304. The summed E-state index contributed by atoms with van der Waals surface area (Å²) in [7, 11) is 0. The molecule has 0 bridgehead atoms. The van der Waals surface area contributed by atoms with Gasteiger partial charge in [0, 0.05) is 28.5 Å². The van der Waals surface area contributed by atoms with Gasteiger partial charge in [-0.2, -0.15) is 5.10 Å². The lowest BCUT2D eigenvalue weighted by Crippen LogP contribution is -2.10. The zero-order valence-corrected chi connectivity index (χ0v) is 13.6. The molecule has 1 aromatic carbocycles. The minimum Gasteiger partial charge on any atom is -0.270 e. The molecule has 0 spiro atoms. The first kappa shape index (κ1) is 14.6. The summed E-state index contributed by atoms with van der Waals surface area (Å²) >= 11 is 9.79. The summed E-state index contributed by atoms with van der Waals surface area (Å²) in [6.07, 6.45) is 0.917. The van der Waals surface area contributed by atoms with Gasteiger partial charge in [-0.05, 0) is 38.0 Å². The van der Waals surface area contributed by atoms with Gasteiger partial charge in [0.1, 0.15) is 0 Å². The fraction of sp³-hybridized carbons (Fsp3) is 0.400. The molecule has 0 saturated carbocycles. The molecule has 0 fully saturated rings. The molecule has 0 aliphatic carbocycles. The fourth-order valence-corrected chi connectivity index (χ4v) is 3.23. The molecule has 1 heterocycles. The molecule has 1 unspecified atom stereocenters. The van der Waals surface area contributed by atoms with Crippen molar-refractivity contribution in [2.24, 2.45) is 0 Å². The quantitative estimate of drug-likeness (QED) is 0.730. The van der Waals surface area contributed by atoms with Crippen LogP contribution in [0.1, 0.15) is 29.8 Å². The van der Waals surface area contributed by atoms with Crippen LogP contribution in [-0.4, -0.2) is 15.7 Å². The van der Waals surface area contributed by atoms with Gasteiger partial charge in [0.2, 0.25) is 0 Å². The van der Waals surface area contributed by atoms with Crippen LogP contribution in [0.5, 0.6) is 0 Å². The molecule has 1 aromatic heterocycles. The summed E-state index contributed by atoms with van der Waals surface area (Å²) in [5.41, 5.74) is 3.58. The van der Waals surface area contributed by atoms with Crippen molar-refractivity contribution < 1.29 is 0 Å². The second-order valence-electron chi connectivity index (χ2n) is 4.67. The van der Waals surface area contributed by atoms with Crippen LogP contribution in [0.25, 0.3) is 0 Å². The lowest BCUT2D eigenvalue weighted by molar-refractivity contribution is 0.595. The largest absolute Gasteiger partial charge is 0.270 e. The number of alkyl halides is 1. The Balaban J connectivity index is 2.26. The van der Waals surface area contributed by atoms with Crippen molar-refractivity contribution in [3.63, 3.8) is 0 Å². The monoisotopic (exact) mass is 340 g/mol. The second-order valence-corrected chi connectivity index (χ2v) is 5.83. The highest BCUT2D eigenvalue weighted by molar-refractivity contribution is 9.10. The molecule has 2 rings (SSSR count). The molecule has 2 nitrogen and oxygen atoms in total. The number of aryl methyl sites for hydroxylation is 2. The van der Waals surface area contributed by atoms with Crippen molar-refractivity contribution >= 4 is 27.5 Å². The zero-order valence-electron chi connectivity index (χ0n) is 11.2. The average Bonchev–Trinajstić information content (AvgIpc) is 2.77. The van der Waals surface area contributed by atoms with Gasteiger partial charge in [0.15, 0.2) is 0 Å². The third kappa shape index (κ3) is 3.40. The molecule has 0 aliphatic heterocycles. The lowest BCUT2D eigenvalue weighted by Gasteiger charge is -2.16. The summed E-state index contributed by atoms with van der Waals surface area (Å²) in [6, 6.07) is 10.4. The van der Waals surface area contributed by atoms with E-state index >= 15 is 0 Å². The van der Waals surface area contributed by atoms with Gasteiger partial charge in [0.05, 0.1) is 5.69 Å². The fourth-order valence-electron chi connectivity index (χ4n) is 2.34. The maximum Gasteiger partial charge on any atom is 0.0596 e. The number of halogens is 2. The number of hydrogen-bond donors (Lipinski definition) is 0. The highest BCUT2D eigenvalue weighted by Gasteiger charge is 2.16. The van der Waals surface area contributed by atoms with E-state index < -0.39 is 0 Å². The van der Waals surface area contributed by atoms with E-state index in [1.54, 1.807) is 0 Å². The van der Waals surface area contributed by atoms with Crippen LogP contribution in [0, 0.1) is 6.92 Å². The Morgan fingerprint density at radius 1 is 1.37 bits per heavy atom. The first-order valence-electron chi connectivity index (χ1n) is 6.49. The highest BCUT2D eigenvalue weighted by Crippen LogP contribution is 2.29. The van der Waals surface area contributed by atoms with Gasteiger partial charge in [-0.25, -0.2) is 0 Å². The summed E-state index contributed by atoms with van der Waals surface area (Å²) in [5.74, 6) is 0.912. The summed E-state index contributed by atoms with van der Waals surface area (Å²) in [4.78, 5) is 0. The highest BCUT2D eigenvalue weighted by atomic mass is 79.9. The molecule has 0 radical (unpaired) electrons. The molecule has 102 valence electrons. The van der Waals surface area contributed by atoms with Crippen molar-refractivity contribution in [2.45, 2.75) is 32.7 Å². The summed E-state index contributed by atoms with van der Waals surface area (Å²) in [5, 5.41) is 4.49. The molecular formula is C15H18BrClN2. The van der Waals surface area contributed by atoms with Gasteiger partial charge in [0.25, 0.3) is 0 Å². The first-order valence-corrected chi connectivity index (χ1v) is 7.82. The zero-order chi connectivity index (χ0) is 13.8. The van der Waals surface area contributed by atoms with Gasteiger partial charge < -0.3 is 0 Å². The van der Waals surface area contributed by atoms with Gasteiger partial charge >= 0.3 is 0 Å². The Hall–Kier alpha value is -0.800. The van der Waals surface area contributed by atoms with Crippen molar-refractivity contribution in [3.8, 4) is 0 Å². The van der Waals surface area contributed by atoms with Crippen molar-refractivity contribution in [2.75, 3.05) is 5.88 Å². The van der Waals surface area contributed by atoms with E-state index in [2.05, 4.69) is 56.9 Å². The van der Waals surface area contributed by atoms with E-state index in [0.717, 1.165) is 23.1 Å². The molecule has 0 saturated heterocycles. The van der Waals surface area contributed by atoms with Crippen LogP contribution in [0.15, 0.2) is 34.8 Å². The van der Waals surface area contributed by atoms with Crippen molar-refractivity contribution in [1.82, 2.24) is 9.78 Å². The third-order valence-corrected chi connectivity index (χ3v) is 4.37. The SMILES string of the molecule is CCn1nc(C)cc1CC(CCl)c1ccccc1Br. The maximum atomic E-state index is 6.18. The van der Waals surface area contributed by atoms with E-state index in [9.17, 15) is 0 Å². The van der Waals surface area contributed by atoms with Crippen LogP contribution in [0.4, 0.5) is 0 Å². The molecule has 1 atom stereocenters. The van der Waals surface area contributed by atoms with Crippen LogP contribution < -0.4 is 0 Å². The number of benzene rings is 1. The molecular weight excluding hydrogens is 324 g/mol. The van der Waals surface area contributed by atoms with Gasteiger partial charge in [-0.15, -0.1) is 11.6 Å². The van der Waals surface area contributed by atoms with Crippen LogP contribution in [0.2, 0.25) is 0 Å². The van der Waals surface area contributed by atoms with E-state index in [0.29, 0.717) is 11.8 Å². The number of hydrogen-bond acceptors (Lipinski definition) is 1. The first-order chi connectivity index (χ1) is 9.15. The third-order valence-electron chi connectivity index (χ3n) is 3.27. The van der Waals surface area contributed by atoms with Crippen LogP contribution >= 0.6 is 27.5 Å². The molecule has 0 aliphatic rings. The number of aromatic nitrogens is 2. The van der Waals surface area contributed by atoms with Crippen LogP contribution in [0.3, 0.4) is 0 Å². The number of nitrogens with zero attached hydrogens (tertiary/aromatic N) is 2. The summed E-state index contributed by atoms with van der Waals surface area (Å²) in [6.45, 7) is 5.04. The number of rotatable bonds is 5. The Morgan fingerprint density at radius 2 is 2.11 bits per heavy atom. The normalized spacial score (nSPS) is 12.6. The summed E-state index contributed by atoms with van der Waals surface area (Å²) < 4.78 is 3.19. The molecule has 0 N–H and O–H groups in total. The Morgan fingerprint density at radius 3 is 2.74 bits per heavy atom. The Labute approximate surface area is 127 Å². The van der Waals surface area contributed by atoms with E-state index in [4.69, 9.17) is 11.6 Å². The smallest absolute Gasteiger partial charge is 0.0596 e. The maximum absolute atomic E-state index is 6.18. The molecule has 0 amide bonds. The van der Waals surface area contributed by atoms with E-state index in [1.165, 1.54) is 11.3 Å². The van der Waals surface area contributed by atoms with Crippen molar-refractivity contribution in [3.05, 3.63) is 51.8 Å². The second kappa shape index (κ2) is 6.58. The van der Waals surface area contributed by atoms with E-state index in [1.807, 2.05) is 13.0 Å². The van der Waals surface area contributed by atoms with Gasteiger partial charge in [-0.3, -0.25) is 4.68 Å². The van der Waals surface area contributed by atoms with Crippen LogP contribution in [-0.2, 0) is 13.0 Å². The van der Waals surface area contributed by atoms with Crippen molar-refractivity contribution in [1.29, 1.82) is 0 Å². The molecule has 19 heavy (non-hydrogen) atoms. The minimum atomic E-state index is 0.304.